The molecule has 2 aromatic carbocycles. The van der Waals surface area contributed by atoms with E-state index < -0.39 is 36.8 Å². The summed E-state index contributed by atoms with van der Waals surface area (Å²) in [6, 6.07) is 10.5. The van der Waals surface area contributed by atoms with Crippen molar-refractivity contribution in [2.45, 2.75) is 44.9 Å². The molecule has 222 valence electrons. The number of rotatable bonds is 8. The van der Waals surface area contributed by atoms with Crippen molar-refractivity contribution in [2.75, 3.05) is 32.7 Å². The number of hydrogen-bond acceptors (Lipinski definition) is 10. The number of ether oxygens (including phenoxy) is 2. The summed E-state index contributed by atoms with van der Waals surface area (Å²) in [6.45, 7) is 10.6. The number of nitrogens with one attached hydrogen (secondary N) is 1. The summed E-state index contributed by atoms with van der Waals surface area (Å²) < 4.78 is 42.4. The lowest BCUT2D eigenvalue weighted by atomic mass is 9.84. The lowest BCUT2D eigenvalue weighted by Crippen LogP contribution is -2.54. The van der Waals surface area contributed by atoms with Gasteiger partial charge in [-0.3, -0.25) is 18.9 Å². The van der Waals surface area contributed by atoms with Crippen LogP contribution in [0.5, 0.6) is 5.75 Å². The van der Waals surface area contributed by atoms with Gasteiger partial charge in [0.25, 0.3) is 5.91 Å². The lowest BCUT2D eigenvalue weighted by molar-refractivity contribution is -0.148. The third-order valence-electron chi connectivity index (χ3n) is 7.74. The van der Waals surface area contributed by atoms with Gasteiger partial charge >= 0.3 is 19.5 Å². The first-order valence-electron chi connectivity index (χ1n) is 13.5. The Bertz CT molecular complexity index is 1670. The van der Waals surface area contributed by atoms with Crippen molar-refractivity contribution in [3.63, 3.8) is 0 Å². The number of carbonyl (C=O) groups is 3. The molecular weight excluding hydrogens is 563 g/mol. The molecule has 3 heterocycles. The lowest BCUT2D eigenvalue weighted by Gasteiger charge is -2.46. The van der Waals surface area contributed by atoms with Gasteiger partial charge in [-0.15, -0.1) is 0 Å². The Hall–Kier alpha value is -3.92. The molecule has 0 aliphatic carbocycles. The predicted molar refractivity (Wildman–Crippen MR) is 155 cm³/mol. The summed E-state index contributed by atoms with van der Waals surface area (Å²) in [7, 11) is -1.47. The number of allylic oxidation sites excluding steroid dienone is 1. The molecule has 2 aliphatic rings. The molecular formula is C30H33N2O9P. The molecule has 5 rings (SSSR count). The molecule has 0 saturated carbocycles. The van der Waals surface area contributed by atoms with Gasteiger partial charge in [0, 0.05) is 23.7 Å². The third-order valence-corrected chi connectivity index (χ3v) is 10.2. The fourth-order valence-corrected chi connectivity index (χ4v) is 7.67. The molecule has 0 radical (unpaired) electrons. The average molecular weight is 597 g/mol. The number of amides is 1. The molecule has 0 bridgehead atoms. The van der Waals surface area contributed by atoms with Crippen LogP contribution in [0.15, 0.2) is 47.4 Å². The predicted octanol–water partition coefficient (Wildman–Crippen LogP) is 5.65. The van der Waals surface area contributed by atoms with Gasteiger partial charge in [-0.1, -0.05) is 18.7 Å². The van der Waals surface area contributed by atoms with Crippen LogP contribution >= 0.6 is 7.60 Å². The van der Waals surface area contributed by atoms with Gasteiger partial charge in [0.1, 0.15) is 28.7 Å². The summed E-state index contributed by atoms with van der Waals surface area (Å²) in [6.07, 6.45) is 0. The molecule has 1 unspecified atom stereocenters. The number of fused-ring (bicyclic) bond motifs is 4. The van der Waals surface area contributed by atoms with Crippen LogP contribution in [0.4, 0.5) is 5.69 Å². The minimum Gasteiger partial charge on any atom is -0.469 e. The highest BCUT2D eigenvalue weighted by Gasteiger charge is 2.57. The second kappa shape index (κ2) is 10.7. The van der Waals surface area contributed by atoms with E-state index in [1.54, 1.807) is 71.1 Å². The van der Waals surface area contributed by atoms with Gasteiger partial charge in [0.15, 0.2) is 5.66 Å². The van der Waals surface area contributed by atoms with Crippen LogP contribution in [0, 0.1) is 0 Å². The summed E-state index contributed by atoms with van der Waals surface area (Å²) in [5, 5.41) is 3.95. The fourth-order valence-electron chi connectivity index (χ4n) is 5.61. The van der Waals surface area contributed by atoms with Crippen molar-refractivity contribution in [1.82, 2.24) is 4.90 Å². The van der Waals surface area contributed by atoms with Crippen molar-refractivity contribution in [3.05, 3.63) is 65.4 Å². The number of hydrogen-bond donors (Lipinski definition) is 1. The molecule has 12 heteroatoms. The highest BCUT2D eigenvalue weighted by atomic mass is 31.2. The fraction of sp³-hybridized carbons (Fsp3) is 0.367. The van der Waals surface area contributed by atoms with Crippen LogP contribution in [-0.4, -0.2) is 55.8 Å². The molecule has 0 spiro atoms. The number of carbonyl (C=O) groups excluding carboxylic acids is 3. The van der Waals surface area contributed by atoms with Gasteiger partial charge in [-0.05, 0) is 57.5 Å². The minimum absolute atomic E-state index is 0.0182. The first kappa shape index (κ1) is 29.6. The quantitative estimate of drug-likeness (QED) is 0.198. The number of methoxy groups -OCH3 is 1. The molecule has 0 saturated heterocycles. The van der Waals surface area contributed by atoms with E-state index in [0.29, 0.717) is 33.5 Å². The van der Waals surface area contributed by atoms with E-state index in [2.05, 4.69) is 11.9 Å². The van der Waals surface area contributed by atoms with Crippen LogP contribution in [0.3, 0.4) is 0 Å². The van der Waals surface area contributed by atoms with Crippen LogP contribution in [0.2, 0.25) is 0 Å². The molecule has 2 aliphatic heterocycles. The average Bonchev–Trinajstić information content (AvgIpc) is 3.39. The third kappa shape index (κ3) is 4.43. The van der Waals surface area contributed by atoms with Crippen LogP contribution < -0.4 is 10.1 Å². The van der Waals surface area contributed by atoms with E-state index in [0.717, 1.165) is 0 Å². The molecule has 11 nitrogen and oxygen atoms in total. The molecule has 1 aromatic heterocycles. The van der Waals surface area contributed by atoms with Gasteiger partial charge in [0.2, 0.25) is 0 Å². The van der Waals surface area contributed by atoms with Gasteiger partial charge < -0.3 is 33.2 Å². The van der Waals surface area contributed by atoms with Gasteiger partial charge in [-0.25, -0.2) is 0 Å². The maximum Gasteiger partial charge on any atom is 0.346 e. The molecule has 3 aromatic rings. The Kier molecular flexibility index (Phi) is 7.55. The van der Waals surface area contributed by atoms with E-state index in [4.69, 9.17) is 22.9 Å². The van der Waals surface area contributed by atoms with Crippen molar-refractivity contribution in [1.29, 1.82) is 0 Å². The summed E-state index contributed by atoms with van der Waals surface area (Å²) >= 11 is 0. The summed E-state index contributed by atoms with van der Waals surface area (Å²) in [4.78, 5) is 42.4. The van der Waals surface area contributed by atoms with E-state index in [-0.39, 0.29) is 36.0 Å². The molecule has 42 heavy (non-hydrogen) atoms. The maximum absolute atomic E-state index is 14.1. The van der Waals surface area contributed by atoms with Crippen molar-refractivity contribution in [3.8, 4) is 5.75 Å². The van der Waals surface area contributed by atoms with Crippen molar-refractivity contribution in [2.24, 2.45) is 0 Å². The number of nitrogens with zero attached hydrogens (tertiary/aromatic N) is 1. The highest BCUT2D eigenvalue weighted by Crippen LogP contribution is 2.62. The number of anilines is 1. The second-order valence-corrected chi connectivity index (χ2v) is 12.5. The zero-order chi connectivity index (χ0) is 30.6. The Morgan fingerprint density at radius 3 is 2.45 bits per heavy atom. The van der Waals surface area contributed by atoms with Crippen molar-refractivity contribution >= 4 is 47.7 Å². The van der Waals surface area contributed by atoms with Gasteiger partial charge in [-0.2, -0.15) is 0 Å². The highest BCUT2D eigenvalue weighted by molar-refractivity contribution is 7.55. The molecule has 1 amide bonds. The van der Waals surface area contributed by atoms with Crippen molar-refractivity contribution < 1.29 is 41.9 Å². The Labute approximate surface area is 243 Å². The zero-order valence-corrected chi connectivity index (χ0v) is 25.2. The summed E-state index contributed by atoms with van der Waals surface area (Å²) in [5.41, 5.74) is -0.566. The van der Waals surface area contributed by atoms with E-state index in [1.165, 1.54) is 12.0 Å². The molecule has 0 fully saturated rings. The number of benzene rings is 2. The molecule has 1 N–H and O–H groups in total. The smallest absolute Gasteiger partial charge is 0.346 e. The number of para-hydroxylation sites is 1. The largest absolute Gasteiger partial charge is 0.469 e. The Morgan fingerprint density at radius 2 is 1.83 bits per heavy atom. The maximum atomic E-state index is 14.1. The summed E-state index contributed by atoms with van der Waals surface area (Å²) in [5.74, 6) is -3.20. The van der Waals surface area contributed by atoms with E-state index in [9.17, 15) is 18.9 Å². The topological polar surface area (TPSA) is 134 Å². The van der Waals surface area contributed by atoms with Crippen LogP contribution in [0.25, 0.3) is 16.5 Å². The van der Waals surface area contributed by atoms with Gasteiger partial charge in [0.05, 0.1) is 31.5 Å². The van der Waals surface area contributed by atoms with E-state index in [1.807, 2.05) is 0 Å². The first-order valence-corrected chi connectivity index (χ1v) is 15.1. The van der Waals surface area contributed by atoms with Crippen LogP contribution in [0.1, 0.15) is 60.9 Å². The molecule has 3 atom stereocenters. The normalized spacial score (nSPS) is 21.8. The standard InChI is InChI=1S/C30H33N2O9P/c1-8-38-42(36,39-9-2)26-23(28(34)37-7)22-24-17(15-21(40-24)16(3)4)14-19(25(22)41-29(26)35)30(5)31-20-13-11-10-12-18(20)27(33)32(30)6/h10-15,23,26,31H,3,8-9H2,1-2,4-7H3/t23-,26+,30?/m0/s1. The number of furan rings is 1. The Morgan fingerprint density at radius 1 is 1.17 bits per heavy atom. The Balaban J connectivity index is 1.85. The number of esters is 2. The zero-order valence-electron chi connectivity index (χ0n) is 24.3. The SMILES string of the molecule is C=C(C)c1cc2cc(C3(C)Nc4ccccc4C(=O)N3C)c3c(c2o1)[C@H](C(=O)OC)[C@@H](P(=O)(OCC)OCC)C(=O)O3. The minimum atomic E-state index is -4.26. The van der Waals surface area contributed by atoms with Crippen LogP contribution in [-0.2, 0) is 33.6 Å². The monoisotopic (exact) mass is 596 g/mol. The van der Waals surface area contributed by atoms with E-state index >= 15 is 0 Å². The first-order chi connectivity index (χ1) is 19.9. The second-order valence-electron chi connectivity index (χ2n) is 10.3.